The SMILES string of the molecule is c1ccc(-c2cccc(-n3c4ccc(-c5ccc6c(c5)c5ccccc5n6-c5ccccc5)cc4c4ccc5oc6ccccc6c5c43)c2)cc1. The van der Waals surface area contributed by atoms with Gasteiger partial charge < -0.3 is 13.6 Å². The summed E-state index contributed by atoms with van der Waals surface area (Å²) in [5.74, 6) is 0. The lowest BCUT2D eigenvalue weighted by Crippen LogP contribution is -1.95. The number of aromatic nitrogens is 2. The molecule has 11 aromatic rings. The minimum absolute atomic E-state index is 0.896. The molecule has 0 N–H and O–H groups in total. The molecule has 11 rings (SSSR count). The zero-order valence-electron chi connectivity index (χ0n) is 27.6. The highest BCUT2D eigenvalue weighted by molar-refractivity contribution is 6.25. The number of hydrogen-bond donors (Lipinski definition) is 0. The summed E-state index contributed by atoms with van der Waals surface area (Å²) in [6.07, 6.45) is 0. The van der Waals surface area contributed by atoms with E-state index in [0.29, 0.717) is 0 Å². The normalized spacial score (nSPS) is 11.9. The number of benzene rings is 8. The Morgan fingerprint density at radius 1 is 0.314 bits per heavy atom. The van der Waals surface area contributed by atoms with Crippen LogP contribution in [0.2, 0.25) is 0 Å². The van der Waals surface area contributed by atoms with Crippen molar-refractivity contribution in [2.24, 2.45) is 0 Å². The largest absolute Gasteiger partial charge is 0.456 e. The molecule has 0 bridgehead atoms. The minimum Gasteiger partial charge on any atom is -0.456 e. The lowest BCUT2D eigenvalue weighted by molar-refractivity contribution is 0.669. The highest BCUT2D eigenvalue weighted by atomic mass is 16.3. The molecule has 8 aromatic carbocycles. The van der Waals surface area contributed by atoms with Crippen molar-refractivity contribution >= 4 is 65.6 Å². The van der Waals surface area contributed by atoms with Crippen LogP contribution in [0.3, 0.4) is 0 Å². The van der Waals surface area contributed by atoms with Gasteiger partial charge in [-0.25, -0.2) is 0 Å². The molecule has 3 heterocycles. The van der Waals surface area contributed by atoms with Gasteiger partial charge in [0.1, 0.15) is 11.2 Å². The van der Waals surface area contributed by atoms with Gasteiger partial charge in [-0.3, -0.25) is 0 Å². The van der Waals surface area contributed by atoms with Crippen LogP contribution >= 0.6 is 0 Å². The molecule has 0 saturated heterocycles. The third-order valence-corrected chi connectivity index (χ3v) is 10.5. The van der Waals surface area contributed by atoms with Crippen molar-refractivity contribution in [2.45, 2.75) is 0 Å². The second-order valence-corrected chi connectivity index (χ2v) is 13.3. The van der Waals surface area contributed by atoms with Crippen molar-refractivity contribution in [3.63, 3.8) is 0 Å². The highest BCUT2D eigenvalue weighted by Crippen LogP contribution is 2.43. The van der Waals surface area contributed by atoms with Gasteiger partial charge in [0.2, 0.25) is 0 Å². The molecule has 0 unspecified atom stereocenters. The van der Waals surface area contributed by atoms with Gasteiger partial charge in [-0.05, 0) is 95.1 Å². The molecule has 0 saturated carbocycles. The van der Waals surface area contributed by atoms with Gasteiger partial charge in [0.15, 0.2) is 0 Å². The Labute approximate surface area is 293 Å². The van der Waals surface area contributed by atoms with E-state index in [-0.39, 0.29) is 0 Å². The number of nitrogens with zero attached hydrogens (tertiary/aromatic N) is 2. The molecule has 51 heavy (non-hydrogen) atoms. The first-order valence-corrected chi connectivity index (χ1v) is 17.4. The second-order valence-electron chi connectivity index (χ2n) is 13.3. The molecule has 3 heteroatoms. The van der Waals surface area contributed by atoms with Crippen LogP contribution in [0, 0.1) is 0 Å². The summed E-state index contributed by atoms with van der Waals surface area (Å²) >= 11 is 0. The molecule has 0 fully saturated rings. The van der Waals surface area contributed by atoms with Gasteiger partial charge in [-0.1, -0.05) is 109 Å². The van der Waals surface area contributed by atoms with Crippen LogP contribution in [-0.2, 0) is 0 Å². The molecule has 0 radical (unpaired) electrons. The van der Waals surface area contributed by atoms with E-state index in [1.54, 1.807) is 0 Å². The van der Waals surface area contributed by atoms with E-state index in [1.807, 2.05) is 6.07 Å². The molecule has 238 valence electrons. The highest BCUT2D eigenvalue weighted by Gasteiger charge is 2.20. The molecule has 3 nitrogen and oxygen atoms in total. The number of furan rings is 1. The summed E-state index contributed by atoms with van der Waals surface area (Å²) in [7, 11) is 0. The van der Waals surface area contributed by atoms with Crippen LogP contribution in [0.4, 0.5) is 0 Å². The lowest BCUT2D eigenvalue weighted by atomic mass is 10.00. The maximum Gasteiger partial charge on any atom is 0.137 e. The molecular formula is C48H30N2O. The monoisotopic (exact) mass is 650 g/mol. The van der Waals surface area contributed by atoms with Gasteiger partial charge >= 0.3 is 0 Å². The fourth-order valence-corrected chi connectivity index (χ4v) is 8.23. The van der Waals surface area contributed by atoms with Crippen LogP contribution in [0.5, 0.6) is 0 Å². The maximum atomic E-state index is 6.43. The quantitative estimate of drug-likeness (QED) is 0.186. The molecular weight excluding hydrogens is 621 g/mol. The molecule has 0 amide bonds. The molecule has 0 aliphatic rings. The standard InChI is InChI=1S/C48H30N2O/c1-3-12-31(13-4-1)32-14-11-17-36(28-32)50-44-26-23-34(30-41(44)38-24-27-46-47(48(38)50)39-19-8-10-21-45(39)51-46)33-22-25-43-40(29-33)37-18-7-9-20-42(37)49(43)35-15-5-2-6-16-35/h1-30H. The van der Waals surface area contributed by atoms with E-state index in [1.165, 1.54) is 66.0 Å². The average Bonchev–Trinajstić information content (AvgIpc) is 3.85. The number of rotatable bonds is 4. The van der Waals surface area contributed by atoms with Crippen LogP contribution in [0.25, 0.3) is 99.2 Å². The van der Waals surface area contributed by atoms with Crippen LogP contribution < -0.4 is 0 Å². The Morgan fingerprint density at radius 3 is 1.71 bits per heavy atom. The van der Waals surface area contributed by atoms with Crippen molar-refractivity contribution < 1.29 is 4.42 Å². The van der Waals surface area contributed by atoms with Crippen molar-refractivity contribution in [1.29, 1.82) is 0 Å². The molecule has 0 aliphatic heterocycles. The van der Waals surface area contributed by atoms with Crippen LogP contribution in [0.1, 0.15) is 0 Å². The number of para-hydroxylation sites is 3. The van der Waals surface area contributed by atoms with Gasteiger partial charge in [-0.2, -0.15) is 0 Å². The molecule has 3 aromatic heterocycles. The summed E-state index contributed by atoms with van der Waals surface area (Å²) in [6.45, 7) is 0. The zero-order chi connectivity index (χ0) is 33.5. The minimum atomic E-state index is 0.896. The molecule has 0 spiro atoms. The van der Waals surface area contributed by atoms with Crippen molar-refractivity contribution in [1.82, 2.24) is 9.13 Å². The van der Waals surface area contributed by atoms with E-state index in [0.717, 1.165) is 33.1 Å². The van der Waals surface area contributed by atoms with Gasteiger partial charge in [0, 0.05) is 38.3 Å². The average molecular weight is 651 g/mol. The van der Waals surface area contributed by atoms with Gasteiger partial charge in [0.05, 0.1) is 27.5 Å². The van der Waals surface area contributed by atoms with E-state index in [9.17, 15) is 0 Å². The third kappa shape index (κ3) is 4.19. The maximum absolute atomic E-state index is 6.43. The first-order valence-electron chi connectivity index (χ1n) is 17.4. The number of hydrogen-bond acceptors (Lipinski definition) is 1. The fourth-order valence-electron chi connectivity index (χ4n) is 8.23. The summed E-state index contributed by atoms with van der Waals surface area (Å²) in [5, 5.41) is 7.19. The second kappa shape index (κ2) is 10.8. The van der Waals surface area contributed by atoms with Crippen LogP contribution in [0.15, 0.2) is 186 Å². The van der Waals surface area contributed by atoms with Crippen molar-refractivity contribution in [3.05, 3.63) is 182 Å². The van der Waals surface area contributed by atoms with Crippen molar-refractivity contribution in [2.75, 3.05) is 0 Å². The van der Waals surface area contributed by atoms with E-state index in [2.05, 4.69) is 185 Å². The topological polar surface area (TPSA) is 23.0 Å². The molecule has 0 atom stereocenters. The predicted molar refractivity (Wildman–Crippen MR) is 213 cm³/mol. The Hall–Kier alpha value is -6.84. The third-order valence-electron chi connectivity index (χ3n) is 10.5. The zero-order valence-corrected chi connectivity index (χ0v) is 27.6. The summed E-state index contributed by atoms with van der Waals surface area (Å²) in [5.41, 5.74) is 13.6. The Morgan fingerprint density at radius 2 is 0.902 bits per heavy atom. The fraction of sp³-hybridized carbons (Fsp3) is 0. The lowest BCUT2D eigenvalue weighted by Gasteiger charge is -2.11. The summed E-state index contributed by atoms with van der Waals surface area (Å²) in [4.78, 5) is 0. The van der Waals surface area contributed by atoms with E-state index >= 15 is 0 Å². The smallest absolute Gasteiger partial charge is 0.137 e. The number of fused-ring (bicyclic) bond motifs is 10. The molecule has 0 aliphatic carbocycles. The Balaban J connectivity index is 1.18. The first kappa shape index (κ1) is 28.0. The predicted octanol–water partition coefficient (Wildman–Crippen LogP) is 13.1. The van der Waals surface area contributed by atoms with Gasteiger partial charge in [0.25, 0.3) is 0 Å². The first-order chi connectivity index (χ1) is 25.3. The van der Waals surface area contributed by atoms with E-state index < -0.39 is 0 Å². The summed E-state index contributed by atoms with van der Waals surface area (Å²) < 4.78 is 11.2. The Kier molecular flexibility index (Phi) is 5.96. The summed E-state index contributed by atoms with van der Waals surface area (Å²) in [6, 6.07) is 65.5. The Bertz CT molecular complexity index is 3130. The van der Waals surface area contributed by atoms with E-state index in [4.69, 9.17) is 4.42 Å². The van der Waals surface area contributed by atoms with Crippen LogP contribution in [-0.4, -0.2) is 9.13 Å². The van der Waals surface area contributed by atoms with Gasteiger partial charge in [-0.15, -0.1) is 0 Å². The van der Waals surface area contributed by atoms with Crippen molar-refractivity contribution in [3.8, 4) is 33.6 Å².